The number of hydrogen-bond acceptors (Lipinski definition) is 5. The van der Waals surface area contributed by atoms with Gasteiger partial charge in [-0.05, 0) is 25.0 Å². The summed E-state index contributed by atoms with van der Waals surface area (Å²) < 4.78 is 29.4. The third-order valence-electron chi connectivity index (χ3n) is 4.04. The number of aromatic nitrogens is 1. The van der Waals surface area contributed by atoms with Crippen LogP contribution >= 0.6 is 0 Å². The van der Waals surface area contributed by atoms with Gasteiger partial charge in [0.1, 0.15) is 0 Å². The summed E-state index contributed by atoms with van der Waals surface area (Å²) in [6.07, 6.45) is 0. The molecule has 3 rings (SSSR count). The molecule has 0 saturated carbocycles. The average molecular weight is 348 g/mol. The highest BCUT2D eigenvalue weighted by atomic mass is 32.2. The molecule has 7 heteroatoms. The third-order valence-corrected chi connectivity index (χ3v) is 5.92. The lowest BCUT2D eigenvalue weighted by Crippen LogP contribution is -2.35. The van der Waals surface area contributed by atoms with Gasteiger partial charge in [0, 0.05) is 18.7 Å². The molecule has 2 aromatic rings. The molecule has 0 aliphatic carbocycles. The van der Waals surface area contributed by atoms with Crippen LogP contribution in [-0.4, -0.2) is 48.8 Å². The summed E-state index contributed by atoms with van der Waals surface area (Å²) in [4.78, 5) is 18.7. The first-order valence-corrected chi connectivity index (χ1v) is 9.70. The number of rotatable bonds is 2. The van der Waals surface area contributed by atoms with Crippen LogP contribution in [0.1, 0.15) is 23.2 Å². The van der Waals surface area contributed by atoms with Crippen LogP contribution in [0.2, 0.25) is 0 Å². The Morgan fingerprint density at radius 2 is 2.00 bits per heavy atom. The van der Waals surface area contributed by atoms with Gasteiger partial charge in [-0.3, -0.25) is 4.79 Å². The van der Waals surface area contributed by atoms with Crippen LogP contribution in [0, 0.1) is 12.8 Å². The summed E-state index contributed by atoms with van der Waals surface area (Å²) in [6, 6.07) is 9.36. The second-order valence-electron chi connectivity index (χ2n) is 6.27. The molecule has 2 heterocycles. The van der Waals surface area contributed by atoms with Gasteiger partial charge in [-0.2, -0.15) is 0 Å². The van der Waals surface area contributed by atoms with Gasteiger partial charge < -0.3 is 9.32 Å². The molecule has 1 aromatic heterocycles. The van der Waals surface area contributed by atoms with Crippen LogP contribution in [0.3, 0.4) is 0 Å². The normalized spacial score (nSPS) is 20.6. The van der Waals surface area contributed by atoms with Gasteiger partial charge in [-0.1, -0.05) is 25.1 Å². The number of benzene rings is 1. The highest BCUT2D eigenvalue weighted by molar-refractivity contribution is 7.91. The molecule has 24 heavy (non-hydrogen) atoms. The fourth-order valence-corrected chi connectivity index (χ4v) is 4.55. The van der Waals surface area contributed by atoms with Gasteiger partial charge in [-0.15, -0.1) is 0 Å². The topological polar surface area (TPSA) is 80.5 Å². The van der Waals surface area contributed by atoms with Gasteiger partial charge in [0.25, 0.3) is 5.91 Å². The van der Waals surface area contributed by atoms with E-state index < -0.39 is 9.84 Å². The number of hydrogen-bond donors (Lipinski definition) is 0. The van der Waals surface area contributed by atoms with Crippen molar-refractivity contribution in [3.8, 4) is 11.5 Å². The molecule has 1 aliphatic heterocycles. The van der Waals surface area contributed by atoms with Crippen molar-refractivity contribution in [1.82, 2.24) is 9.88 Å². The molecule has 1 aromatic carbocycles. The monoisotopic (exact) mass is 348 g/mol. The van der Waals surface area contributed by atoms with E-state index in [4.69, 9.17) is 4.42 Å². The molecule has 1 fully saturated rings. The van der Waals surface area contributed by atoms with Crippen LogP contribution in [-0.2, 0) is 9.84 Å². The van der Waals surface area contributed by atoms with Crippen LogP contribution in [0.4, 0.5) is 0 Å². The van der Waals surface area contributed by atoms with Crippen molar-refractivity contribution in [1.29, 1.82) is 0 Å². The smallest absolute Gasteiger partial charge is 0.291 e. The summed E-state index contributed by atoms with van der Waals surface area (Å²) in [5, 5.41) is 0. The van der Waals surface area contributed by atoms with E-state index >= 15 is 0 Å². The Labute approximate surface area is 141 Å². The largest absolute Gasteiger partial charge is 0.431 e. The molecule has 6 nitrogen and oxygen atoms in total. The SMILES string of the molecule is Cc1nc(-c2ccccc2)oc1C(=O)N1CCS(=O)(=O)CC(C)C1. The Balaban J connectivity index is 1.86. The van der Waals surface area contributed by atoms with Crippen molar-refractivity contribution < 1.29 is 17.6 Å². The lowest BCUT2D eigenvalue weighted by Gasteiger charge is -2.20. The fraction of sp³-hybridized carbons (Fsp3) is 0.412. The molecular formula is C17H20N2O4S. The number of sulfone groups is 1. The molecule has 1 amide bonds. The molecule has 0 spiro atoms. The van der Waals surface area contributed by atoms with E-state index in [-0.39, 0.29) is 35.6 Å². The second kappa shape index (κ2) is 6.39. The zero-order valence-electron chi connectivity index (χ0n) is 13.7. The van der Waals surface area contributed by atoms with Crippen molar-refractivity contribution in [3.05, 3.63) is 41.8 Å². The van der Waals surface area contributed by atoms with Crippen molar-refractivity contribution >= 4 is 15.7 Å². The van der Waals surface area contributed by atoms with Gasteiger partial charge in [0.15, 0.2) is 9.84 Å². The predicted molar refractivity (Wildman–Crippen MR) is 90.4 cm³/mol. The quantitative estimate of drug-likeness (QED) is 0.831. The van der Waals surface area contributed by atoms with E-state index in [1.54, 1.807) is 11.8 Å². The number of nitrogens with zero attached hydrogens (tertiary/aromatic N) is 2. The van der Waals surface area contributed by atoms with Crippen LogP contribution in [0.5, 0.6) is 0 Å². The number of carbonyl (C=O) groups is 1. The first kappa shape index (κ1) is 16.7. The maximum atomic E-state index is 12.8. The molecule has 1 aliphatic rings. The number of aryl methyl sites for hydroxylation is 1. The zero-order chi connectivity index (χ0) is 17.3. The lowest BCUT2D eigenvalue weighted by molar-refractivity contribution is 0.0719. The summed E-state index contributed by atoms with van der Waals surface area (Å²) in [7, 11) is -3.11. The molecular weight excluding hydrogens is 328 g/mol. The minimum absolute atomic E-state index is 0.0121. The van der Waals surface area contributed by atoms with E-state index in [0.29, 0.717) is 18.1 Å². The molecule has 1 saturated heterocycles. The zero-order valence-corrected chi connectivity index (χ0v) is 14.5. The maximum Gasteiger partial charge on any atom is 0.291 e. The fourth-order valence-electron chi connectivity index (χ4n) is 2.91. The Morgan fingerprint density at radius 3 is 2.71 bits per heavy atom. The highest BCUT2D eigenvalue weighted by Crippen LogP contribution is 2.23. The molecule has 0 N–H and O–H groups in total. The van der Waals surface area contributed by atoms with Gasteiger partial charge in [-0.25, -0.2) is 13.4 Å². The minimum Gasteiger partial charge on any atom is -0.431 e. The van der Waals surface area contributed by atoms with Crippen LogP contribution in [0.25, 0.3) is 11.5 Å². The van der Waals surface area contributed by atoms with Crippen molar-refractivity contribution in [3.63, 3.8) is 0 Å². The molecule has 1 atom stereocenters. The maximum absolute atomic E-state index is 12.8. The Morgan fingerprint density at radius 1 is 1.29 bits per heavy atom. The van der Waals surface area contributed by atoms with E-state index in [1.807, 2.05) is 37.3 Å². The van der Waals surface area contributed by atoms with Crippen LogP contribution in [0.15, 0.2) is 34.7 Å². The number of oxazole rings is 1. The van der Waals surface area contributed by atoms with Gasteiger partial charge in [0.2, 0.25) is 11.7 Å². The Bertz CT molecular complexity index is 843. The van der Waals surface area contributed by atoms with E-state index in [9.17, 15) is 13.2 Å². The second-order valence-corrected chi connectivity index (χ2v) is 8.50. The summed E-state index contributed by atoms with van der Waals surface area (Å²) in [5.41, 5.74) is 1.31. The Kier molecular flexibility index (Phi) is 4.45. The molecule has 128 valence electrons. The number of amides is 1. The molecule has 0 radical (unpaired) electrons. The highest BCUT2D eigenvalue weighted by Gasteiger charge is 2.30. The summed E-state index contributed by atoms with van der Waals surface area (Å²) in [5.74, 6) is 0.278. The van der Waals surface area contributed by atoms with E-state index in [0.717, 1.165) is 5.56 Å². The summed E-state index contributed by atoms with van der Waals surface area (Å²) >= 11 is 0. The van der Waals surface area contributed by atoms with Crippen molar-refractivity contribution in [2.45, 2.75) is 13.8 Å². The first-order chi connectivity index (χ1) is 11.4. The molecule has 1 unspecified atom stereocenters. The average Bonchev–Trinajstić information content (AvgIpc) is 2.86. The van der Waals surface area contributed by atoms with Crippen LogP contribution < -0.4 is 0 Å². The third kappa shape index (κ3) is 3.51. The standard InChI is InChI=1S/C17H20N2O4S/c1-12-10-19(8-9-24(21,22)11-12)17(20)15-13(2)18-16(23-15)14-6-4-3-5-7-14/h3-7,12H,8-11H2,1-2H3. The van der Waals surface area contributed by atoms with E-state index in [1.165, 1.54) is 0 Å². The van der Waals surface area contributed by atoms with Crippen molar-refractivity contribution in [2.75, 3.05) is 24.6 Å². The Hall–Kier alpha value is -2.15. The van der Waals surface area contributed by atoms with E-state index in [2.05, 4.69) is 4.98 Å². The van der Waals surface area contributed by atoms with Gasteiger partial charge >= 0.3 is 0 Å². The van der Waals surface area contributed by atoms with Gasteiger partial charge in [0.05, 0.1) is 17.2 Å². The first-order valence-electron chi connectivity index (χ1n) is 7.88. The summed E-state index contributed by atoms with van der Waals surface area (Å²) in [6.45, 7) is 4.15. The molecule has 0 bridgehead atoms. The minimum atomic E-state index is -3.11. The predicted octanol–water partition coefficient (Wildman–Crippen LogP) is 2.16. The lowest BCUT2D eigenvalue weighted by atomic mass is 10.2. The number of carbonyl (C=O) groups excluding carboxylic acids is 1. The van der Waals surface area contributed by atoms with Crippen molar-refractivity contribution in [2.24, 2.45) is 5.92 Å².